The minimum absolute atomic E-state index is 0.0139. The summed E-state index contributed by atoms with van der Waals surface area (Å²) in [7, 11) is 10.7. The Morgan fingerprint density at radius 1 is 0.271 bits per heavy atom. The van der Waals surface area contributed by atoms with E-state index in [1.807, 2.05) is 38.0 Å². The second kappa shape index (κ2) is 51.0. The second-order valence-electron chi connectivity index (χ2n) is 46.6. The van der Waals surface area contributed by atoms with Crippen molar-refractivity contribution in [3.63, 3.8) is 0 Å². The molecule has 0 atom stereocenters. The third kappa shape index (κ3) is 28.0. The van der Waals surface area contributed by atoms with Crippen molar-refractivity contribution >= 4 is 51.4 Å². The number of nitrogens with one attached hydrogen (secondary N) is 1. The van der Waals surface area contributed by atoms with Gasteiger partial charge >= 0.3 is 0 Å². The van der Waals surface area contributed by atoms with Crippen LogP contribution >= 0.6 is 0 Å². The van der Waals surface area contributed by atoms with Gasteiger partial charge in [-0.1, -0.05) is 174 Å². The highest BCUT2D eigenvalue weighted by Gasteiger charge is 2.55. The number of sulfonamides is 1. The predicted octanol–water partition coefficient (Wildman–Crippen LogP) is 23.3. The van der Waals surface area contributed by atoms with Crippen molar-refractivity contribution in [3.05, 3.63) is 0 Å². The van der Waals surface area contributed by atoms with Gasteiger partial charge in [0.05, 0.1) is 11.4 Å². The van der Waals surface area contributed by atoms with Gasteiger partial charge in [0.15, 0.2) is 0 Å². The van der Waals surface area contributed by atoms with Gasteiger partial charge in [-0.25, -0.2) is 13.1 Å². The molecule has 18 fully saturated rings. The van der Waals surface area contributed by atoms with Gasteiger partial charge in [0.1, 0.15) is 0 Å². The fourth-order valence-corrected chi connectivity index (χ4v) is 32.1. The molecule has 0 aliphatic heterocycles. The standard InChI is InChI=1S/C27H46N2O2.C24H39NO.C22H38N2O2.C21H37NO2.C16H30N2O3S/c1-28(26(30)21-11-5-2-6-12-21)23-19-17-22(18-20-23)27(31)29(24-13-7-3-8-14-24)25-15-9-4-10-16-25;1-25(22-5-3-2-4-6-22)23(26)20-7-9-21(10-8-20)24-14-17-11-18(15-24)13-19(12-17)16-24;1-23(19-11-7-4-8-12-19)22(26)18-13-15-20(16-14-18)24(2)21(25)17-9-5-3-6-10-17;1-22(21(23)18-10-14-20(24-2)15-11-18)19-12-8-17(9-13-19)16-6-4-3-5-7-16;1-3-17-22(20,21)15-11-9-13(10-12-15)16(19)18(2)14-7-5-4-6-8-14/h21-25H,2-20H2,1H3;17-22H,2-16H2,1H3;17-20H,3-16H2,1-2H3;16-20H,3-15H2,1-2H3;13-15,17H,3-12H2,1-2H3. The molecule has 0 heterocycles. The summed E-state index contributed by atoms with van der Waals surface area (Å²) in [5.74, 6) is 10.3. The lowest BCUT2D eigenvalue weighted by atomic mass is 9.45. The fraction of sp³-hybridized carbons (Fsp3) is 0.936. The lowest BCUT2D eigenvalue weighted by molar-refractivity contribution is -0.145. The zero-order chi connectivity index (χ0) is 91.0. The molecule has 18 rings (SSSR count). The Hall–Kier alpha value is -3.84. The van der Waals surface area contributed by atoms with Gasteiger partial charge in [0, 0.05) is 146 Å². The third-order valence-electron chi connectivity index (χ3n) is 38.5. The van der Waals surface area contributed by atoms with Crippen LogP contribution in [0.15, 0.2) is 0 Å². The molecule has 7 amide bonds. The number of hydrogen-bond acceptors (Lipinski definition) is 10. The molecule has 18 saturated carbocycles. The maximum Gasteiger partial charge on any atom is 0.226 e. The molecule has 19 heteroatoms. The number of amides is 7. The quantitative estimate of drug-likeness (QED) is 0.115. The highest BCUT2D eigenvalue weighted by Crippen LogP contribution is 2.65. The summed E-state index contributed by atoms with van der Waals surface area (Å²) in [6.07, 6.45) is 84.9. The van der Waals surface area contributed by atoms with Crippen LogP contribution in [0, 0.1) is 82.3 Å². The molecule has 0 aromatic rings. The van der Waals surface area contributed by atoms with Crippen molar-refractivity contribution in [2.45, 2.75) is 516 Å². The highest BCUT2D eigenvalue weighted by molar-refractivity contribution is 7.90. The van der Waals surface area contributed by atoms with Crippen molar-refractivity contribution in [2.75, 3.05) is 55.9 Å². The topological polar surface area (TPSA) is 198 Å². The van der Waals surface area contributed by atoms with Crippen molar-refractivity contribution in [3.8, 4) is 0 Å². The number of methoxy groups -OCH3 is 1. The minimum Gasteiger partial charge on any atom is -0.381 e. The summed E-state index contributed by atoms with van der Waals surface area (Å²) in [6, 6.07) is 3.57. The Bertz CT molecular complexity index is 3430. The molecule has 736 valence electrons. The van der Waals surface area contributed by atoms with E-state index in [1.165, 1.54) is 270 Å². The first-order chi connectivity index (χ1) is 62.5. The highest BCUT2D eigenvalue weighted by atomic mass is 32.2. The Morgan fingerprint density at radius 3 is 0.806 bits per heavy atom. The second-order valence-corrected chi connectivity index (χ2v) is 48.6. The van der Waals surface area contributed by atoms with E-state index < -0.39 is 10.0 Å². The lowest BCUT2D eigenvalue weighted by Gasteiger charge is -2.60. The average Bonchev–Trinajstić information content (AvgIpc) is 0.733. The first kappa shape index (κ1) is 103. The summed E-state index contributed by atoms with van der Waals surface area (Å²) in [5, 5.41) is -0.323. The Labute approximate surface area is 786 Å². The molecular formula is C110H190N8O10S. The monoisotopic (exact) mass is 1820 g/mol. The number of ether oxygens (including phenoxy) is 1. The van der Waals surface area contributed by atoms with Gasteiger partial charge in [-0.05, 0) is 323 Å². The normalized spacial score (nSPS) is 33.3. The molecule has 1 N–H and O–H groups in total. The van der Waals surface area contributed by atoms with Crippen LogP contribution in [0.5, 0.6) is 0 Å². The predicted molar refractivity (Wildman–Crippen MR) is 522 cm³/mol. The molecule has 129 heavy (non-hydrogen) atoms. The van der Waals surface area contributed by atoms with Gasteiger partial charge in [-0.2, -0.15) is 0 Å². The van der Waals surface area contributed by atoms with Crippen LogP contribution in [0.2, 0.25) is 0 Å². The van der Waals surface area contributed by atoms with E-state index in [0.29, 0.717) is 133 Å². The van der Waals surface area contributed by atoms with Gasteiger partial charge < -0.3 is 39.0 Å². The summed E-state index contributed by atoms with van der Waals surface area (Å²) < 4.78 is 32.1. The molecular weight excluding hydrogens is 1630 g/mol. The third-order valence-corrected chi connectivity index (χ3v) is 40.6. The van der Waals surface area contributed by atoms with Crippen LogP contribution in [-0.2, 0) is 48.3 Å². The number of carbonyl (C=O) groups is 7. The number of carbonyl (C=O) groups excluding carboxylic acids is 7. The van der Waals surface area contributed by atoms with Gasteiger partial charge in [-0.3, -0.25) is 33.6 Å². The molecule has 0 spiro atoms. The van der Waals surface area contributed by atoms with Crippen LogP contribution < -0.4 is 4.72 Å². The molecule has 18 nitrogen and oxygen atoms in total. The van der Waals surface area contributed by atoms with Crippen molar-refractivity contribution in [1.29, 1.82) is 0 Å². The van der Waals surface area contributed by atoms with E-state index in [-0.39, 0.29) is 46.7 Å². The summed E-state index contributed by atoms with van der Waals surface area (Å²) in [5.41, 5.74) is 0.706. The van der Waals surface area contributed by atoms with Crippen molar-refractivity contribution in [1.82, 2.24) is 39.0 Å². The van der Waals surface area contributed by atoms with Crippen LogP contribution in [0.3, 0.4) is 0 Å². The van der Waals surface area contributed by atoms with E-state index in [9.17, 15) is 42.0 Å². The van der Waals surface area contributed by atoms with Crippen LogP contribution in [0.1, 0.15) is 456 Å². The van der Waals surface area contributed by atoms with Gasteiger partial charge in [-0.15, -0.1) is 0 Å². The maximum atomic E-state index is 13.8. The fourth-order valence-electron chi connectivity index (χ4n) is 30.6. The summed E-state index contributed by atoms with van der Waals surface area (Å²) in [6.45, 7) is 2.23. The lowest BCUT2D eigenvalue weighted by Crippen LogP contribution is -2.52. The van der Waals surface area contributed by atoms with E-state index in [4.69, 9.17) is 4.74 Å². The smallest absolute Gasteiger partial charge is 0.226 e. The van der Waals surface area contributed by atoms with Crippen LogP contribution in [0.25, 0.3) is 0 Å². The zero-order valence-electron chi connectivity index (χ0n) is 83.6. The molecule has 0 aromatic heterocycles. The minimum atomic E-state index is -3.20. The van der Waals surface area contributed by atoms with Gasteiger partial charge in [0.2, 0.25) is 51.4 Å². The van der Waals surface area contributed by atoms with Crippen molar-refractivity contribution < 1.29 is 46.7 Å². The first-order valence-corrected chi connectivity index (χ1v) is 57.5. The van der Waals surface area contributed by atoms with Crippen LogP contribution in [-0.4, -0.2) is 200 Å². The van der Waals surface area contributed by atoms with Crippen LogP contribution in [0.4, 0.5) is 0 Å². The van der Waals surface area contributed by atoms with Gasteiger partial charge in [0.25, 0.3) is 0 Å². The summed E-state index contributed by atoms with van der Waals surface area (Å²) in [4.78, 5) is 106. The molecule has 18 aliphatic rings. The van der Waals surface area contributed by atoms with E-state index in [0.717, 1.165) is 151 Å². The molecule has 0 aromatic carbocycles. The van der Waals surface area contributed by atoms with E-state index in [2.05, 4.69) is 43.3 Å². The molecule has 0 radical (unpaired) electrons. The molecule has 18 aliphatic carbocycles. The largest absolute Gasteiger partial charge is 0.381 e. The van der Waals surface area contributed by atoms with Crippen molar-refractivity contribution in [2.24, 2.45) is 82.3 Å². The Kier molecular flexibility index (Phi) is 40.5. The summed E-state index contributed by atoms with van der Waals surface area (Å²) >= 11 is 0. The van der Waals surface area contributed by atoms with E-state index >= 15 is 0 Å². The number of nitrogens with zero attached hydrogens (tertiary/aromatic N) is 7. The molecule has 0 saturated heterocycles. The number of rotatable bonds is 21. The number of hydrogen-bond donors (Lipinski definition) is 1. The first-order valence-electron chi connectivity index (χ1n) is 55.9. The Balaban J connectivity index is 0.000000138. The zero-order valence-corrected chi connectivity index (χ0v) is 84.4. The molecule has 0 unspecified atom stereocenters. The maximum absolute atomic E-state index is 13.8. The Morgan fingerprint density at radius 2 is 0.504 bits per heavy atom. The average molecular weight is 1820 g/mol. The van der Waals surface area contributed by atoms with E-state index in [1.54, 1.807) is 52.6 Å². The SMILES string of the molecule is CCNS(=O)(=O)C1CCC(C(=O)N(C)C2CCCCC2)CC1.CN(C(=O)C1CCC(C23CC4CC(CC(C4)C2)C3)CC1)C1CCCCC1.CN(C(=O)C1CCC(N(C)C(=O)C2CCCCC2)CC1)C1CCCCC1.CN(C(=O)C1CCCCC1)C1CCC(C(=O)N(C2CCCCC2)C2CCCCC2)CC1.COC1CCC(C(=O)N(C)C2CCC(C3CCCCC3)CC2)CC1. The molecule has 4 bridgehead atoms.